The van der Waals surface area contributed by atoms with Crippen molar-refractivity contribution in [2.45, 2.75) is 0 Å². The van der Waals surface area contributed by atoms with E-state index in [2.05, 4.69) is 11.1 Å². The number of aromatic nitrogens is 2. The zero-order chi connectivity index (χ0) is 11.0. The van der Waals surface area contributed by atoms with Gasteiger partial charge in [-0.05, 0) is 30.3 Å². The van der Waals surface area contributed by atoms with Crippen molar-refractivity contribution in [1.29, 1.82) is 0 Å². The third-order valence-corrected chi connectivity index (χ3v) is 2.54. The van der Waals surface area contributed by atoms with Gasteiger partial charge >= 0.3 is 5.69 Å². The van der Waals surface area contributed by atoms with E-state index < -0.39 is 0 Å². The predicted octanol–water partition coefficient (Wildman–Crippen LogP) is 2.12. The molecular weight excluding hydrogens is 200 g/mol. The molecule has 0 unspecified atom stereocenters. The summed E-state index contributed by atoms with van der Waals surface area (Å²) in [5.74, 6) is 0. The van der Waals surface area contributed by atoms with Gasteiger partial charge in [-0.15, -0.1) is 0 Å². The second-order valence-corrected chi connectivity index (χ2v) is 3.54. The average Bonchev–Trinajstić information content (AvgIpc) is 2.66. The molecule has 0 aliphatic rings. The largest absolute Gasteiger partial charge is 0.331 e. The van der Waals surface area contributed by atoms with Crippen molar-refractivity contribution < 1.29 is 0 Å². The third kappa shape index (κ3) is 1.26. The summed E-state index contributed by atoms with van der Waals surface area (Å²) >= 11 is 0. The molecule has 0 saturated heterocycles. The lowest BCUT2D eigenvalue weighted by Gasteiger charge is -2.01. The molecule has 3 rings (SSSR count). The quantitative estimate of drug-likeness (QED) is 0.655. The molecule has 16 heavy (non-hydrogen) atoms. The molecule has 0 saturated carbocycles. The highest BCUT2D eigenvalue weighted by molar-refractivity contribution is 5.76. The van der Waals surface area contributed by atoms with E-state index >= 15 is 0 Å². The zero-order valence-corrected chi connectivity index (χ0v) is 8.47. The Morgan fingerprint density at radius 1 is 1.12 bits per heavy atom. The van der Waals surface area contributed by atoms with Gasteiger partial charge in [0.25, 0.3) is 0 Å². The Morgan fingerprint density at radius 3 is 2.75 bits per heavy atom. The van der Waals surface area contributed by atoms with Gasteiger partial charge < -0.3 is 4.98 Å². The number of rotatable bonds is 1. The topological polar surface area (TPSA) is 37.8 Å². The van der Waals surface area contributed by atoms with Gasteiger partial charge in [0, 0.05) is 0 Å². The maximum atomic E-state index is 11.8. The average molecular weight is 209 g/mol. The Bertz CT molecular complexity index is 680. The molecule has 3 aromatic rings. The Labute approximate surface area is 92.0 Å². The van der Waals surface area contributed by atoms with Crippen LogP contribution in [0.15, 0.2) is 53.3 Å². The van der Waals surface area contributed by atoms with E-state index in [1.54, 1.807) is 16.7 Å². The van der Waals surface area contributed by atoms with Gasteiger partial charge in [0.05, 0.1) is 16.7 Å². The maximum absolute atomic E-state index is 11.8. The van der Waals surface area contributed by atoms with Gasteiger partial charge in [-0.2, -0.15) is 0 Å². The molecule has 0 atom stereocenters. The summed E-state index contributed by atoms with van der Waals surface area (Å²) in [4.78, 5) is 14.6. The van der Waals surface area contributed by atoms with E-state index in [0.29, 0.717) is 0 Å². The molecule has 2 aromatic carbocycles. The van der Waals surface area contributed by atoms with Crippen LogP contribution in [0.2, 0.25) is 0 Å². The molecule has 0 bridgehead atoms. The fourth-order valence-electron chi connectivity index (χ4n) is 1.83. The molecule has 1 radical (unpaired) electrons. The molecule has 1 N–H and O–H groups in total. The standard InChI is InChI=1S/C13H9N2O/c16-13-14-11-8-4-5-9-12(11)15(13)10-6-2-1-3-7-10/h1-3,5-9H,(H,14,16). The van der Waals surface area contributed by atoms with Crippen molar-refractivity contribution in [3.63, 3.8) is 0 Å². The molecule has 0 fully saturated rings. The van der Waals surface area contributed by atoms with E-state index in [4.69, 9.17) is 0 Å². The second-order valence-electron chi connectivity index (χ2n) is 3.54. The Hall–Kier alpha value is -2.29. The lowest BCUT2D eigenvalue weighted by atomic mass is 10.3. The van der Waals surface area contributed by atoms with Crippen molar-refractivity contribution in [2.24, 2.45) is 0 Å². The van der Waals surface area contributed by atoms with Gasteiger partial charge in [0.15, 0.2) is 0 Å². The van der Waals surface area contributed by atoms with Crippen molar-refractivity contribution in [3.8, 4) is 5.69 Å². The molecule has 1 aromatic heterocycles. The zero-order valence-electron chi connectivity index (χ0n) is 8.47. The minimum Gasteiger partial charge on any atom is -0.305 e. The lowest BCUT2D eigenvalue weighted by molar-refractivity contribution is 1.02. The number of aromatic amines is 1. The van der Waals surface area contributed by atoms with Crippen LogP contribution in [0.25, 0.3) is 16.7 Å². The number of H-pyrrole nitrogens is 1. The monoisotopic (exact) mass is 209 g/mol. The normalized spacial score (nSPS) is 10.8. The minimum atomic E-state index is -0.124. The van der Waals surface area contributed by atoms with Crippen molar-refractivity contribution in [2.75, 3.05) is 0 Å². The van der Waals surface area contributed by atoms with Crippen molar-refractivity contribution >= 4 is 11.0 Å². The highest BCUT2D eigenvalue weighted by Gasteiger charge is 2.06. The predicted molar refractivity (Wildman–Crippen MR) is 62.7 cm³/mol. The van der Waals surface area contributed by atoms with Crippen LogP contribution >= 0.6 is 0 Å². The summed E-state index contributed by atoms with van der Waals surface area (Å²) in [6.45, 7) is 0. The molecule has 0 spiro atoms. The Morgan fingerprint density at radius 2 is 1.94 bits per heavy atom. The van der Waals surface area contributed by atoms with E-state index in [9.17, 15) is 4.79 Å². The molecule has 0 aliphatic heterocycles. The number of nitrogens with one attached hydrogen (secondary N) is 1. The van der Waals surface area contributed by atoms with Crippen LogP contribution in [0, 0.1) is 6.07 Å². The first-order valence-corrected chi connectivity index (χ1v) is 5.02. The minimum absolute atomic E-state index is 0.124. The van der Waals surface area contributed by atoms with Gasteiger partial charge in [-0.1, -0.05) is 24.3 Å². The van der Waals surface area contributed by atoms with Crippen LogP contribution in [0.5, 0.6) is 0 Å². The highest BCUT2D eigenvalue weighted by Crippen LogP contribution is 2.13. The van der Waals surface area contributed by atoms with Gasteiger partial charge in [0.1, 0.15) is 0 Å². The lowest BCUT2D eigenvalue weighted by Crippen LogP contribution is -2.14. The molecule has 0 aliphatic carbocycles. The van der Waals surface area contributed by atoms with Crippen LogP contribution in [0.3, 0.4) is 0 Å². The van der Waals surface area contributed by atoms with Crippen LogP contribution in [0.1, 0.15) is 0 Å². The van der Waals surface area contributed by atoms with Gasteiger partial charge in [-0.3, -0.25) is 4.57 Å². The number of hydrogen-bond donors (Lipinski definition) is 1. The number of para-hydroxylation sites is 1. The van der Waals surface area contributed by atoms with Crippen molar-refractivity contribution in [3.05, 3.63) is 65.1 Å². The molecule has 1 heterocycles. The second kappa shape index (κ2) is 3.38. The van der Waals surface area contributed by atoms with E-state index in [1.165, 1.54) is 0 Å². The summed E-state index contributed by atoms with van der Waals surface area (Å²) in [5, 5.41) is 0. The summed E-state index contributed by atoms with van der Waals surface area (Å²) in [7, 11) is 0. The van der Waals surface area contributed by atoms with Crippen molar-refractivity contribution in [1.82, 2.24) is 9.55 Å². The number of nitrogens with zero attached hydrogens (tertiary/aromatic N) is 1. The van der Waals surface area contributed by atoms with E-state index in [-0.39, 0.29) is 5.69 Å². The Balaban J connectivity index is 2.40. The summed E-state index contributed by atoms with van der Waals surface area (Å²) < 4.78 is 1.66. The van der Waals surface area contributed by atoms with E-state index in [1.807, 2.05) is 36.4 Å². The summed E-state index contributed by atoms with van der Waals surface area (Å²) in [5.41, 5.74) is 2.41. The van der Waals surface area contributed by atoms with Crippen LogP contribution < -0.4 is 5.69 Å². The third-order valence-electron chi connectivity index (χ3n) is 2.54. The highest BCUT2D eigenvalue weighted by atomic mass is 16.1. The summed E-state index contributed by atoms with van der Waals surface area (Å²) in [6.07, 6.45) is 0. The summed E-state index contributed by atoms with van der Waals surface area (Å²) in [6, 6.07) is 18.0. The fraction of sp³-hybridized carbons (Fsp3) is 0. The maximum Gasteiger partial charge on any atom is 0.331 e. The number of imidazole rings is 1. The van der Waals surface area contributed by atoms with Gasteiger partial charge in [0.2, 0.25) is 0 Å². The molecule has 3 nitrogen and oxygen atoms in total. The first kappa shape index (κ1) is 8.97. The SMILES string of the molecule is O=c1[nH]c2c[c]ccc2n1-c1ccccc1. The van der Waals surface area contributed by atoms with Crippen LogP contribution in [0.4, 0.5) is 0 Å². The number of fused-ring (bicyclic) bond motifs is 1. The molecule has 3 heteroatoms. The Kier molecular flexibility index (Phi) is 1.90. The van der Waals surface area contributed by atoms with E-state index in [0.717, 1.165) is 16.7 Å². The molecule has 77 valence electrons. The number of benzene rings is 2. The van der Waals surface area contributed by atoms with Crippen LogP contribution in [-0.4, -0.2) is 9.55 Å². The van der Waals surface area contributed by atoms with Crippen LogP contribution in [-0.2, 0) is 0 Å². The first-order chi connectivity index (χ1) is 7.86. The smallest absolute Gasteiger partial charge is 0.305 e. The fourth-order valence-corrected chi connectivity index (χ4v) is 1.83. The van der Waals surface area contributed by atoms with Gasteiger partial charge in [-0.25, -0.2) is 4.79 Å². The number of hydrogen-bond acceptors (Lipinski definition) is 1. The first-order valence-electron chi connectivity index (χ1n) is 5.02. The molecule has 0 amide bonds. The molecular formula is C13H9N2O.